The highest BCUT2D eigenvalue weighted by Gasteiger charge is 2.29. The van der Waals surface area contributed by atoms with Crippen LogP contribution in [0.4, 0.5) is 0 Å². The third kappa shape index (κ3) is 4.31. The van der Waals surface area contributed by atoms with Gasteiger partial charge in [-0.1, -0.05) is 37.3 Å². The van der Waals surface area contributed by atoms with Crippen LogP contribution in [0, 0.1) is 5.92 Å². The lowest BCUT2D eigenvalue weighted by Gasteiger charge is -2.39. The van der Waals surface area contributed by atoms with Crippen molar-refractivity contribution in [2.45, 2.75) is 45.3 Å². The van der Waals surface area contributed by atoms with Gasteiger partial charge in [-0.3, -0.25) is 9.69 Å². The molecule has 3 unspecified atom stereocenters. The minimum absolute atomic E-state index is 0.0982. The van der Waals surface area contributed by atoms with Gasteiger partial charge < -0.3 is 10.6 Å². The van der Waals surface area contributed by atoms with Crippen molar-refractivity contribution in [2.24, 2.45) is 11.7 Å². The van der Waals surface area contributed by atoms with Crippen LogP contribution < -0.4 is 5.73 Å². The summed E-state index contributed by atoms with van der Waals surface area (Å²) in [6.07, 6.45) is 2.22. The van der Waals surface area contributed by atoms with E-state index in [9.17, 15) is 4.79 Å². The lowest BCUT2D eigenvalue weighted by Crippen LogP contribution is -2.51. The number of carbonyl (C=O) groups excluding carboxylic acids is 1. The van der Waals surface area contributed by atoms with E-state index in [4.69, 9.17) is 5.73 Å². The Bertz CT molecular complexity index is 474. The molecule has 1 amide bonds. The van der Waals surface area contributed by atoms with Crippen LogP contribution in [0.15, 0.2) is 30.3 Å². The Morgan fingerprint density at radius 1 is 1.36 bits per heavy atom. The molecule has 0 aromatic heterocycles. The fourth-order valence-corrected chi connectivity index (χ4v) is 3.06. The number of piperidine rings is 1. The molecule has 2 N–H and O–H groups in total. The zero-order valence-electron chi connectivity index (χ0n) is 14.0. The van der Waals surface area contributed by atoms with Crippen molar-refractivity contribution in [1.29, 1.82) is 0 Å². The van der Waals surface area contributed by atoms with E-state index in [0.29, 0.717) is 6.04 Å². The van der Waals surface area contributed by atoms with Gasteiger partial charge in [0.1, 0.15) is 0 Å². The van der Waals surface area contributed by atoms with Gasteiger partial charge in [0.25, 0.3) is 0 Å². The molecule has 1 saturated heterocycles. The second-order valence-corrected chi connectivity index (χ2v) is 6.61. The molecule has 0 radical (unpaired) electrons. The number of hydrogen-bond donors (Lipinski definition) is 1. The van der Waals surface area contributed by atoms with Crippen molar-refractivity contribution < 1.29 is 4.79 Å². The van der Waals surface area contributed by atoms with E-state index in [0.717, 1.165) is 32.5 Å². The lowest BCUT2D eigenvalue weighted by atomic mass is 9.99. The Kier molecular flexibility index (Phi) is 5.98. The predicted octanol–water partition coefficient (Wildman–Crippen LogP) is 2.09. The Balaban J connectivity index is 1.94. The standard InChI is InChI=1S/C18H29N3O/c1-14(15(2)19)18(22)20(3)17-10-7-11-21(13-17)12-16-8-5-4-6-9-16/h4-6,8-9,14-15,17H,7,10-13,19H2,1-3H3. The Labute approximate surface area is 134 Å². The molecule has 22 heavy (non-hydrogen) atoms. The summed E-state index contributed by atoms with van der Waals surface area (Å²) in [6, 6.07) is 10.7. The van der Waals surface area contributed by atoms with Crippen molar-refractivity contribution in [3.05, 3.63) is 35.9 Å². The summed E-state index contributed by atoms with van der Waals surface area (Å²) < 4.78 is 0. The summed E-state index contributed by atoms with van der Waals surface area (Å²) in [5.74, 6) is 0.0519. The number of likely N-dealkylation sites (N-methyl/N-ethyl adjacent to an activating group) is 1. The quantitative estimate of drug-likeness (QED) is 0.906. The summed E-state index contributed by atoms with van der Waals surface area (Å²) in [7, 11) is 1.93. The van der Waals surface area contributed by atoms with Crippen LogP contribution in [0.2, 0.25) is 0 Å². The molecular weight excluding hydrogens is 274 g/mol. The van der Waals surface area contributed by atoms with Crippen LogP contribution >= 0.6 is 0 Å². The van der Waals surface area contributed by atoms with E-state index in [1.54, 1.807) is 0 Å². The molecule has 1 aliphatic rings. The molecule has 122 valence electrons. The number of nitrogens with two attached hydrogens (primary N) is 1. The fourth-order valence-electron chi connectivity index (χ4n) is 3.06. The molecule has 1 aromatic rings. The van der Waals surface area contributed by atoms with E-state index in [2.05, 4.69) is 29.2 Å². The highest BCUT2D eigenvalue weighted by Crippen LogP contribution is 2.19. The molecule has 1 heterocycles. The topological polar surface area (TPSA) is 49.6 Å². The molecule has 3 atom stereocenters. The zero-order valence-corrected chi connectivity index (χ0v) is 14.0. The monoisotopic (exact) mass is 303 g/mol. The van der Waals surface area contributed by atoms with Crippen LogP contribution in [0.5, 0.6) is 0 Å². The smallest absolute Gasteiger partial charge is 0.226 e. The summed E-state index contributed by atoms with van der Waals surface area (Å²) in [6.45, 7) is 6.84. The summed E-state index contributed by atoms with van der Waals surface area (Å²) in [4.78, 5) is 16.8. The minimum atomic E-state index is -0.116. The average molecular weight is 303 g/mol. The van der Waals surface area contributed by atoms with Crippen LogP contribution in [-0.4, -0.2) is 47.9 Å². The molecule has 2 rings (SSSR count). The molecule has 0 bridgehead atoms. The van der Waals surface area contributed by atoms with E-state index in [1.807, 2.05) is 31.9 Å². The molecule has 1 aromatic carbocycles. The van der Waals surface area contributed by atoms with Gasteiger partial charge in [-0.05, 0) is 31.9 Å². The largest absolute Gasteiger partial charge is 0.341 e. The van der Waals surface area contributed by atoms with Gasteiger partial charge in [0.2, 0.25) is 5.91 Å². The molecular formula is C18H29N3O. The molecule has 0 spiro atoms. The van der Waals surface area contributed by atoms with E-state index >= 15 is 0 Å². The number of nitrogens with zero attached hydrogens (tertiary/aromatic N) is 2. The van der Waals surface area contributed by atoms with Gasteiger partial charge >= 0.3 is 0 Å². The first kappa shape index (κ1) is 17.0. The first-order valence-electron chi connectivity index (χ1n) is 8.27. The molecule has 0 saturated carbocycles. The minimum Gasteiger partial charge on any atom is -0.341 e. The van der Waals surface area contributed by atoms with Crippen LogP contribution in [-0.2, 0) is 11.3 Å². The van der Waals surface area contributed by atoms with Crippen LogP contribution in [0.25, 0.3) is 0 Å². The highest BCUT2D eigenvalue weighted by atomic mass is 16.2. The van der Waals surface area contributed by atoms with E-state index in [1.165, 1.54) is 5.56 Å². The zero-order chi connectivity index (χ0) is 16.1. The van der Waals surface area contributed by atoms with Gasteiger partial charge in [-0.25, -0.2) is 0 Å². The molecule has 4 nitrogen and oxygen atoms in total. The number of carbonyl (C=O) groups is 1. The van der Waals surface area contributed by atoms with Gasteiger partial charge in [-0.15, -0.1) is 0 Å². The van der Waals surface area contributed by atoms with Gasteiger partial charge in [0.05, 0.1) is 5.92 Å². The third-order valence-corrected chi connectivity index (χ3v) is 4.80. The van der Waals surface area contributed by atoms with Crippen molar-refractivity contribution in [1.82, 2.24) is 9.80 Å². The first-order chi connectivity index (χ1) is 10.5. The fraction of sp³-hybridized carbons (Fsp3) is 0.611. The van der Waals surface area contributed by atoms with Crippen LogP contribution in [0.3, 0.4) is 0 Å². The van der Waals surface area contributed by atoms with Crippen LogP contribution in [0.1, 0.15) is 32.3 Å². The summed E-state index contributed by atoms with van der Waals surface area (Å²) in [5, 5.41) is 0. The van der Waals surface area contributed by atoms with Crippen molar-refractivity contribution >= 4 is 5.91 Å². The molecule has 4 heteroatoms. The second kappa shape index (κ2) is 7.75. The highest BCUT2D eigenvalue weighted by molar-refractivity contribution is 5.79. The van der Waals surface area contributed by atoms with Gasteiger partial charge in [-0.2, -0.15) is 0 Å². The van der Waals surface area contributed by atoms with Gasteiger partial charge in [0, 0.05) is 32.2 Å². The van der Waals surface area contributed by atoms with Crippen molar-refractivity contribution in [3.8, 4) is 0 Å². The number of likely N-dealkylation sites (tertiary alicyclic amines) is 1. The van der Waals surface area contributed by atoms with Crippen molar-refractivity contribution in [3.63, 3.8) is 0 Å². The predicted molar refractivity (Wildman–Crippen MR) is 90.3 cm³/mol. The SMILES string of the molecule is CC(N)C(C)C(=O)N(C)C1CCCN(Cc2ccccc2)C1. The molecule has 1 aliphatic heterocycles. The lowest BCUT2D eigenvalue weighted by molar-refractivity contribution is -0.137. The average Bonchev–Trinajstić information content (AvgIpc) is 2.54. The van der Waals surface area contributed by atoms with Crippen molar-refractivity contribution in [2.75, 3.05) is 20.1 Å². The maximum absolute atomic E-state index is 12.5. The maximum Gasteiger partial charge on any atom is 0.226 e. The second-order valence-electron chi connectivity index (χ2n) is 6.61. The third-order valence-electron chi connectivity index (χ3n) is 4.80. The maximum atomic E-state index is 12.5. The normalized spacial score (nSPS) is 22.1. The summed E-state index contributed by atoms with van der Waals surface area (Å²) in [5.41, 5.74) is 7.21. The number of amides is 1. The van der Waals surface area contributed by atoms with E-state index in [-0.39, 0.29) is 17.9 Å². The molecule has 1 fully saturated rings. The molecule has 0 aliphatic carbocycles. The Morgan fingerprint density at radius 2 is 2.05 bits per heavy atom. The first-order valence-corrected chi connectivity index (χ1v) is 8.27. The van der Waals surface area contributed by atoms with E-state index < -0.39 is 0 Å². The van der Waals surface area contributed by atoms with Gasteiger partial charge in [0.15, 0.2) is 0 Å². The Morgan fingerprint density at radius 3 is 2.68 bits per heavy atom. The number of rotatable bonds is 5. The Hall–Kier alpha value is -1.39. The number of hydrogen-bond acceptors (Lipinski definition) is 3. The summed E-state index contributed by atoms with van der Waals surface area (Å²) >= 11 is 0. The number of benzene rings is 1.